The highest BCUT2D eigenvalue weighted by atomic mass is 16.6. The van der Waals surface area contributed by atoms with Crippen molar-refractivity contribution in [3.63, 3.8) is 0 Å². The van der Waals surface area contributed by atoms with Crippen LogP contribution in [0, 0.1) is 20.8 Å². The highest BCUT2D eigenvalue weighted by molar-refractivity contribution is 5.76. The second kappa shape index (κ2) is 10.7. The van der Waals surface area contributed by atoms with E-state index in [-0.39, 0.29) is 24.9 Å². The van der Waals surface area contributed by atoms with E-state index in [2.05, 4.69) is 32.7 Å². The largest absolute Gasteiger partial charge is 0.448 e. The van der Waals surface area contributed by atoms with Gasteiger partial charge in [-0.15, -0.1) is 6.58 Å². The fourth-order valence-corrected chi connectivity index (χ4v) is 2.53. The molecule has 2 rings (SSSR count). The van der Waals surface area contributed by atoms with Crippen molar-refractivity contribution < 1.29 is 14.3 Å². The second-order valence-corrected chi connectivity index (χ2v) is 6.58. The van der Waals surface area contributed by atoms with Gasteiger partial charge in [-0.3, -0.25) is 24.6 Å². The SMILES string of the molecule is C=CCCOC(=O)NNc1ncc(C)n(CC(=O)NCc2ccc(C)nc2C)c1=O. The summed E-state index contributed by atoms with van der Waals surface area (Å²) in [6.45, 7) is 9.24. The molecule has 0 aromatic carbocycles. The molecule has 3 N–H and O–H groups in total. The number of amides is 2. The minimum absolute atomic E-state index is 0.132. The van der Waals surface area contributed by atoms with Crippen molar-refractivity contribution in [1.82, 2.24) is 25.3 Å². The molecule has 2 amide bonds. The van der Waals surface area contributed by atoms with E-state index in [9.17, 15) is 14.4 Å². The van der Waals surface area contributed by atoms with Gasteiger partial charge in [0.05, 0.1) is 6.61 Å². The molecule has 0 saturated carbocycles. The quantitative estimate of drug-likeness (QED) is 0.322. The molecule has 2 aromatic rings. The lowest BCUT2D eigenvalue weighted by Gasteiger charge is -2.13. The van der Waals surface area contributed by atoms with Crippen LogP contribution in [-0.2, 0) is 22.6 Å². The molecule has 0 radical (unpaired) electrons. The minimum atomic E-state index is -0.759. The normalized spacial score (nSPS) is 10.2. The number of hydrazine groups is 1. The van der Waals surface area contributed by atoms with Crippen LogP contribution in [-0.4, -0.2) is 33.1 Å². The number of nitrogens with zero attached hydrogens (tertiary/aromatic N) is 3. The van der Waals surface area contributed by atoms with Crippen molar-refractivity contribution in [3.8, 4) is 0 Å². The average Bonchev–Trinajstić information content (AvgIpc) is 2.70. The molecule has 0 aliphatic heterocycles. The lowest BCUT2D eigenvalue weighted by Crippen LogP contribution is -2.38. The molecule has 0 aliphatic rings. The summed E-state index contributed by atoms with van der Waals surface area (Å²) in [7, 11) is 0. The van der Waals surface area contributed by atoms with Crippen LogP contribution in [0.4, 0.5) is 10.6 Å². The van der Waals surface area contributed by atoms with Gasteiger partial charge in [-0.1, -0.05) is 12.1 Å². The third-order valence-corrected chi connectivity index (χ3v) is 4.20. The van der Waals surface area contributed by atoms with Crippen LogP contribution in [0.15, 0.2) is 35.8 Å². The molecule has 0 fully saturated rings. The van der Waals surface area contributed by atoms with E-state index >= 15 is 0 Å². The summed E-state index contributed by atoms with van der Waals surface area (Å²) in [6.07, 6.45) is 2.79. The van der Waals surface area contributed by atoms with Gasteiger partial charge in [-0.25, -0.2) is 15.2 Å². The zero-order valence-corrected chi connectivity index (χ0v) is 17.3. The van der Waals surface area contributed by atoms with Crippen molar-refractivity contribution in [2.45, 2.75) is 40.3 Å². The van der Waals surface area contributed by atoms with Crippen molar-refractivity contribution in [2.75, 3.05) is 12.0 Å². The maximum atomic E-state index is 12.6. The van der Waals surface area contributed by atoms with E-state index in [1.807, 2.05) is 26.0 Å². The van der Waals surface area contributed by atoms with Gasteiger partial charge in [-0.05, 0) is 38.8 Å². The van der Waals surface area contributed by atoms with Crippen molar-refractivity contribution in [2.24, 2.45) is 0 Å². The summed E-state index contributed by atoms with van der Waals surface area (Å²) < 4.78 is 6.12. The molecule has 2 heterocycles. The molecule has 0 atom stereocenters. The molecule has 30 heavy (non-hydrogen) atoms. The molecule has 0 saturated heterocycles. The molecule has 160 valence electrons. The number of rotatable bonds is 9. The molecular formula is C20H26N6O4. The number of hydrogen-bond acceptors (Lipinski definition) is 7. The summed E-state index contributed by atoms with van der Waals surface area (Å²) in [5.41, 5.74) is 7.23. The van der Waals surface area contributed by atoms with Gasteiger partial charge in [-0.2, -0.15) is 0 Å². The van der Waals surface area contributed by atoms with E-state index < -0.39 is 11.7 Å². The zero-order valence-electron chi connectivity index (χ0n) is 17.3. The average molecular weight is 414 g/mol. The van der Waals surface area contributed by atoms with Gasteiger partial charge in [0.25, 0.3) is 5.56 Å². The summed E-state index contributed by atoms with van der Waals surface area (Å²) in [5, 5.41) is 2.78. The maximum Gasteiger partial charge on any atom is 0.426 e. The highest BCUT2D eigenvalue weighted by Gasteiger charge is 2.13. The third kappa shape index (κ3) is 6.43. The number of pyridine rings is 1. The van der Waals surface area contributed by atoms with Crippen LogP contribution < -0.4 is 21.7 Å². The third-order valence-electron chi connectivity index (χ3n) is 4.20. The Morgan fingerprint density at radius 2 is 2.03 bits per heavy atom. The Morgan fingerprint density at radius 3 is 2.73 bits per heavy atom. The maximum absolute atomic E-state index is 12.6. The number of aromatic nitrogens is 3. The molecule has 10 heteroatoms. The first-order valence-electron chi connectivity index (χ1n) is 9.37. The summed E-state index contributed by atoms with van der Waals surface area (Å²) in [6, 6.07) is 3.78. The Balaban J connectivity index is 1.98. The predicted octanol–water partition coefficient (Wildman–Crippen LogP) is 1.51. The monoisotopic (exact) mass is 414 g/mol. The molecule has 0 bridgehead atoms. The van der Waals surface area contributed by atoms with Crippen LogP contribution in [0.3, 0.4) is 0 Å². The van der Waals surface area contributed by atoms with Crippen LogP contribution in [0.1, 0.15) is 29.1 Å². The van der Waals surface area contributed by atoms with E-state index in [1.165, 1.54) is 10.8 Å². The summed E-state index contributed by atoms with van der Waals surface area (Å²) in [5.74, 6) is -0.471. The van der Waals surface area contributed by atoms with Crippen molar-refractivity contribution in [1.29, 1.82) is 0 Å². The van der Waals surface area contributed by atoms with Crippen LogP contribution >= 0.6 is 0 Å². The summed E-state index contributed by atoms with van der Waals surface area (Å²) in [4.78, 5) is 44.9. The second-order valence-electron chi connectivity index (χ2n) is 6.58. The van der Waals surface area contributed by atoms with E-state index in [0.29, 0.717) is 18.7 Å². The molecule has 2 aromatic heterocycles. The molecule has 10 nitrogen and oxygen atoms in total. The van der Waals surface area contributed by atoms with Crippen LogP contribution in [0.5, 0.6) is 0 Å². The standard InChI is InChI=1S/C20H26N6O4/c1-5-6-9-30-20(29)25-24-18-19(28)26(14(3)10-22-18)12-17(27)21-11-16-8-7-13(2)23-15(16)4/h5,7-8,10H,1,6,9,11-12H2,2-4H3,(H,21,27)(H,22,24)(H,25,29). The van der Waals surface area contributed by atoms with E-state index in [4.69, 9.17) is 4.74 Å². The topological polar surface area (TPSA) is 127 Å². The lowest BCUT2D eigenvalue weighted by atomic mass is 10.2. The number of anilines is 1. The van der Waals surface area contributed by atoms with Gasteiger partial charge in [0, 0.05) is 29.8 Å². The number of ether oxygens (including phenoxy) is 1. The van der Waals surface area contributed by atoms with Gasteiger partial charge in [0.1, 0.15) is 6.54 Å². The zero-order chi connectivity index (χ0) is 22.1. The van der Waals surface area contributed by atoms with Gasteiger partial charge < -0.3 is 10.1 Å². The fourth-order valence-electron chi connectivity index (χ4n) is 2.53. The van der Waals surface area contributed by atoms with Gasteiger partial charge in [0.2, 0.25) is 11.7 Å². The van der Waals surface area contributed by atoms with Gasteiger partial charge >= 0.3 is 6.09 Å². The van der Waals surface area contributed by atoms with Crippen LogP contribution in [0.25, 0.3) is 0 Å². The highest BCUT2D eigenvalue weighted by Crippen LogP contribution is 2.06. The number of carbonyl (C=O) groups is 2. The number of nitrogens with one attached hydrogen (secondary N) is 3. The first-order chi connectivity index (χ1) is 14.3. The Morgan fingerprint density at radius 1 is 1.27 bits per heavy atom. The molecule has 0 aliphatic carbocycles. The van der Waals surface area contributed by atoms with Crippen LogP contribution in [0.2, 0.25) is 0 Å². The molecular weight excluding hydrogens is 388 g/mol. The van der Waals surface area contributed by atoms with Gasteiger partial charge in [0.15, 0.2) is 0 Å². The number of aryl methyl sites for hydroxylation is 3. The molecule has 0 spiro atoms. The predicted molar refractivity (Wildman–Crippen MR) is 112 cm³/mol. The smallest absolute Gasteiger partial charge is 0.426 e. The number of carbonyl (C=O) groups excluding carboxylic acids is 2. The van der Waals surface area contributed by atoms with Crippen molar-refractivity contribution in [3.05, 3.63) is 64.0 Å². The minimum Gasteiger partial charge on any atom is -0.448 e. The number of hydrogen-bond donors (Lipinski definition) is 3. The Labute approximate surface area is 174 Å². The Hall–Kier alpha value is -3.69. The van der Waals surface area contributed by atoms with E-state index in [1.54, 1.807) is 13.0 Å². The summed E-state index contributed by atoms with van der Waals surface area (Å²) >= 11 is 0. The van der Waals surface area contributed by atoms with E-state index in [0.717, 1.165) is 17.0 Å². The van der Waals surface area contributed by atoms with Crippen molar-refractivity contribution >= 4 is 17.8 Å². The first-order valence-corrected chi connectivity index (χ1v) is 9.37. The first kappa shape index (κ1) is 22.6. The molecule has 0 unspecified atom stereocenters. The lowest BCUT2D eigenvalue weighted by molar-refractivity contribution is -0.121. The fraction of sp³-hybridized carbons (Fsp3) is 0.350. The Kier molecular flexibility index (Phi) is 8.09. The Bertz CT molecular complexity index is 986.